The van der Waals surface area contributed by atoms with Gasteiger partial charge in [-0.3, -0.25) is 4.90 Å². The fourth-order valence-corrected chi connectivity index (χ4v) is 2.59. The monoisotopic (exact) mass is 280 g/mol. The lowest BCUT2D eigenvalue weighted by molar-refractivity contribution is -0.0142. The van der Waals surface area contributed by atoms with Crippen LogP contribution in [0.1, 0.15) is 12.5 Å². The Bertz CT molecular complexity index is 443. The summed E-state index contributed by atoms with van der Waals surface area (Å²) in [6.07, 6.45) is 0.757. The van der Waals surface area contributed by atoms with Crippen LogP contribution in [0.25, 0.3) is 0 Å². The molecular weight excluding hydrogens is 256 g/mol. The maximum absolute atomic E-state index is 6.48. The summed E-state index contributed by atoms with van der Waals surface area (Å²) in [6.45, 7) is 5.31. The molecule has 0 bridgehead atoms. The van der Waals surface area contributed by atoms with Gasteiger partial charge in [-0.05, 0) is 24.6 Å². The molecule has 5 nitrogen and oxygen atoms in total. The molecule has 0 aromatic heterocycles. The molecule has 0 radical (unpaired) electrons. The van der Waals surface area contributed by atoms with E-state index in [4.69, 9.17) is 19.9 Å². The number of morpholine rings is 1. The van der Waals surface area contributed by atoms with Gasteiger partial charge in [0.15, 0.2) is 11.5 Å². The molecule has 1 unspecified atom stereocenters. The largest absolute Gasteiger partial charge is 0.493 e. The molecule has 1 heterocycles. The maximum Gasteiger partial charge on any atom is 0.160 e. The van der Waals surface area contributed by atoms with Crippen LogP contribution in [0, 0.1) is 0 Å². The van der Waals surface area contributed by atoms with Crippen molar-refractivity contribution in [1.29, 1.82) is 0 Å². The molecule has 20 heavy (non-hydrogen) atoms. The van der Waals surface area contributed by atoms with Gasteiger partial charge in [0, 0.05) is 19.5 Å². The second kappa shape index (κ2) is 6.43. The Morgan fingerprint density at radius 1 is 1.20 bits per heavy atom. The van der Waals surface area contributed by atoms with Crippen molar-refractivity contribution in [1.82, 2.24) is 4.90 Å². The number of benzene rings is 1. The van der Waals surface area contributed by atoms with Gasteiger partial charge < -0.3 is 19.9 Å². The quantitative estimate of drug-likeness (QED) is 0.880. The number of nitrogens with zero attached hydrogens (tertiary/aromatic N) is 1. The molecule has 0 amide bonds. The molecule has 1 atom stereocenters. The minimum Gasteiger partial charge on any atom is -0.493 e. The Morgan fingerprint density at radius 3 is 2.45 bits per heavy atom. The third-order valence-corrected chi connectivity index (χ3v) is 3.74. The van der Waals surface area contributed by atoms with E-state index in [1.807, 2.05) is 18.2 Å². The van der Waals surface area contributed by atoms with Crippen LogP contribution in [0.15, 0.2) is 18.2 Å². The lowest BCUT2D eigenvalue weighted by atomic mass is 9.99. The normalized spacial score (nSPS) is 19.4. The molecule has 1 aromatic rings. The Hall–Kier alpha value is -1.30. The zero-order valence-corrected chi connectivity index (χ0v) is 12.5. The van der Waals surface area contributed by atoms with Crippen molar-refractivity contribution in [3.63, 3.8) is 0 Å². The summed E-state index contributed by atoms with van der Waals surface area (Å²) >= 11 is 0. The number of rotatable bonds is 5. The zero-order chi connectivity index (χ0) is 14.6. The van der Waals surface area contributed by atoms with Crippen molar-refractivity contribution in [3.05, 3.63) is 23.8 Å². The van der Waals surface area contributed by atoms with Crippen LogP contribution in [-0.4, -0.2) is 51.1 Å². The van der Waals surface area contributed by atoms with Crippen LogP contribution in [0.3, 0.4) is 0 Å². The van der Waals surface area contributed by atoms with Crippen molar-refractivity contribution in [2.75, 3.05) is 40.5 Å². The van der Waals surface area contributed by atoms with Gasteiger partial charge in [-0.25, -0.2) is 0 Å². The van der Waals surface area contributed by atoms with E-state index < -0.39 is 0 Å². The third-order valence-electron chi connectivity index (χ3n) is 3.74. The van der Waals surface area contributed by atoms with Gasteiger partial charge >= 0.3 is 0 Å². The average Bonchev–Trinajstić information content (AvgIpc) is 2.47. The molecule has 112 valence electrons. The van der Waals surface area contributed by atoms with Gasteiger partial charge in [-0.2, -0.15) is 0 Å². The van der Waals surface area contributed by atoms with Gasteiger partial charge in [0.1, 0.15) is 0 Å². The van der Waals surface area contributed by atoms with E-state index in [-0.39, 0.29) is 5.66 Å². The highest BCUT2D eigenvalue weighted by Crippen LogP contribution is 2.29. The lowest BCUT2D eigenvalue weighted by Crippen LogP contribution is -2.58. The smallest absolute Gasteiger partial charge is 0.160 e. The molecule has 1 aliphatic heterocycles. The van der Waals surface area contributed by atoms with E-state index >= 15 is 0 Å². The fourth-order valence-electron chi connectivity index (χ4n) is 2.59. The molecule has 0 aliphatic carbocycles. The third kappa shape index (κ3) is 3.42. The number of methoxy groups -OCH3 is 2. The number of nitrogens with two attached hydrogens (primary N) is 1. The first-order valence-corrected chi connectivity index (χ1v) is 6.89. The molecule has 1 saturated heterocycles. The zero-order valence-electron chi connectivity index (χ0n) is 12.5. The van der Waals surface area contributed by atoms with Crippen molar-refractivity contribution < 1.29 is 14.2 Å². The van der Waals surface area contributed by atoms with Crippen LogP contribution < -0.4 is 15.2 Å². The van der Waals surface area contributed by atoms with Crippen LogP contribution in [-0.2, 0) is 11.2 Å². The van der Waals surface area contributed by atoms with Gasteiger partial charge in [0.2, 0.25) is 0 Å². The predicted molar refractivity (Wildman–Crippen MR) is 78.2 cm³/mol. The second-order valence-corrected chi connectivity index (χ2v) is 5.32. The van der Waals surface area contributed by atoms with E-state index in [9.17, 15) is 0 Å². The number of hydrogen-bond donors (Lipinski definition) is 1. The summed E-state index contributed by atoms with van der Waals surface area (Å²) in [5.74, 6) is 1.48. The number of hydrogen-bond acceptors (Lipinski definition) is 5. The molecular formula is C15H24N2O3. The van der Waals surface area contributed by atoms with Crippen LogP contribution in [0.4, 0.5) is 0 Å². The predicted octanol–water partition coefficient (Wildman–Crippen LogP) is 1.25. The molecule has 0 saturated carbocycles. The van der Waals surface area contributed by atoms with Gasteiger partial charge in [-0.1, -0.05) is 6.07 Å². The summed E-state index contributed by atoms with van der Waals surface area (Å²) in [7, 11) is 3.28. The standard InChI is InChI=1S/C15H24N2O3/c1-15(16,17-6-8-20-9-7-17)11-12-4-5-13(18-2)14(10-12)19-3/h4-5,10H,6-9,11,16H2,1-3H3. The summed E-state index contributed by atoms with van der Waals surface area (Å²) in [5.41, 5.74) is 7.24. The minimum atomic E-state index is -0.386. The minimum absolute atomic E-state index is 0.386. The highest BCUT2D eigenvalue weighted by molar-refractivity contribution is 5.43. The molecule has 1 aromatic carbocycles. The van der Waals surface area contributed by atoms with E-state index in [0.29, 0.717) is 0 Å². The lowest BCUT2D eigenvalue weighted by Gasteiger charge is -2.40. The van der Waals surface area contributed by atoms with E-state index in [1.165, 1.54) is 0 Å². The summed E-state index contributed by atoms with van der Waals surface area (Å²) in [4.78, 5) is 2.27. The second-order valence-electron chi connectivity index (χ2n) is 5.32. The highest BCUT2D eigenvalue weighted by atomic mass is 16.5. The summed E-state index contributed by atoms with van der Waals surface area (Å²) in [5, 5.41) is 0. The van der Waals surface area contributed by atoms with Crippen LogP contribution in [0.2, 0.25) is 0 Å². The van der Waals surface area contributed by atoms with Gasteiger partial charge in [-0.15, -0.1) is 0 Å². The molecule has 2 N–H and O–H groups in total. The average molecular weight is 280 g/mol. The Kier molecular flexibility index (Phi) is 4.86. The summed E-state index contributed by atoms with van der Waals surface area (Å²) in [6, 6.07) is 5.95. The highest BCUT2D eigenvalue weighted by Gasteiger charge is 2.29. The molecule has 0 spiro atoms. The van der Waals surface area contributed by atoms with E-state index in [2.05, 4.69) is 11.8 Å². The van der Waals surface area contributed by atoms with Crippen molar-refractivity contribution in [3.8, 4) is 11.5 Å². The van der Waals surface area contributed by atoms with Crippen LogP contribution in [0.5, 0.6) is 11.5 Å². The van der Waals surface area contributed by atoms with Crippen molar-refractivity contribution in [2.45, 2.75) is 19.0 Å². The number of ether oxygens (including phenoxy) is 3. The van der Waals surface area contributed by atoms with Gasteiger partial charge in [0.25, 0.3) is 0 Å². The SMILES string of the molecule is COc1ccc(CC(C)(N)N2CCOCC2)cc1OC. The first-order valence-electron chi connectivity index (χ1n) is 6.89. The van der Waals surface area contributed by atoms with E-state index in [0.717, 1.165) is 49.8 Å². The molecule has 5 heteroatoms. The van der Waals surface area contributed by atoms with Crippen molar-refractivity contribution in [2.24, 2.45) is 5.73 Å². The summed E-state index contributed by atoms with van der Waals surface area (Å²) < 4.78 is 16.0. The Labute approximate surface area is 120 Å². The first-order chi connectivity index (χ1) is 9.56. The Morgan fingerprint density at radius 2 is 1.85 bits per heavy atom. The van der Waals surface area contributed by atoms with Crippen LogP contribution >= 0.6 is 0 Å². The fraction of sp³-hybridized carbons (Fsp3) is 0.600. The molecule has 1 fully saturated rings. The van der Waals surface area contributed by atoms with E-state index in [1.54, 1.807) is 14.2 Å². The van der Waals surface area contributed by atoms with Crippen molar-refractivity contribution >= 4 is 0 Å². The molecule has 1 aliphatic rings. The first kappa shape index (κ1) is 15.1. The van der Waals surface area contributed by atoms with Gasteiger partial charge in [0.05, 0.1) is 33.1 Å². The topological polar surface area (TPSA) is 57.0 Å². The maximum atomic E-state index is 6.48. The molecule has 2 rings (SSSR count). The Balaban J connectivity index is 2.11.